The largest absolute Gasteiger partial charge is 0.361 e. The molecule has 8 heteroatoms. The highest BCUT2D eigenvalue weighted by Gasteiger charge is 2.38. The highest BCUT2D eigenvalue weighted by Crippen LogP contribution is 2.37. The number of imidazole rings is 1. The summed E-state index contributed by atoms with van der Waals surface area (Å²) < 4.78 is 3.21. The SMILES string of the molecule is Cn1c(=O)n(C2CCC(=O)NC2=O)c2cccc(N3C4CC[C@H]3CNC4)c21. The van der Waals surface area contributed by atoms with Gasteiger partial charge in [-0.25, -0.2) is 4.79 Å². The van der Waals surface area contributed by atoms with Crippen LogP contribution in [0, 0.1) is 0 Å². The van der Waals surface area contributed by atoms with Crippen LogP contribution in [0.4, 0.5) is 5.69 Å². The number of nitrogens with one attached hydrogen (secondary N) is 2. The van der Waals surface area contributed by atoms with E-state index in [2.05, 4.69) is 21.6 Å². The number of carbonyl (C=O) groups is 2. The van der Waals surface area contributed by atoms with Crippen molar-refractivity contribution in [3.8, 4) is 0 Å². The van der Waals surface area contributed by atoms with E-state index in [4.69, 9.17) is 0 Å². The number of hydrogen-bond acceptors (Lipinski definition) is 5. The van der Waals surface area contributed by atoms with Crippen molar-refractivity contribution in [2.24, 2.45) is 7.05 Å². The Labute approximate surface area is 156 Å². The molecule has 3 aliphatic heterocycles. The second-order valence-electron chi connectivity index (χ2n) is 7.77. The van der Waals surface area contributed by atoms with Gasteiger partial charge in [0.05, 0.1) is 16.7 Å². The van der Waals surface area contributed by atoms with E-state index in [0.29, 0.717) is 18.5 Å². The number of hydrogen-bond donors (Lipinski definition) is 2. The van der Waals surface area contributed by atoms with Gasteiger partial charge in [-0.05, 0) is 31.4 Å². The first-order valence-electron chi connectivity index (χ1n) is 9.59. The predicted molar refractivity (Wildman–Crippen MR) is 101 cm³/mol. The molecule has 1 aromatic heterocycles. The first-order chi connectivity index (χ1) is 13.1. The Kier molecular flexibility index (Phi) is 3.65. The van der Waals surface area contributed by atoms with Crippen molar-refractivity contribution in [2.75, 3.05) is 18.0 Å². The summed E-state index contributed by atoms with van der Waals surface area (Å²) in [6.07, 6.45) is 2.90. The minimum Gasteiger partial charge on any atom is -0.361 e. The van der Waals surface area contributed by atoms with E-state index in [1.165, 1.54) is 0 Å². The minimum absolute atomic E-state index is 0.213. The normalized spacial score (nSPS) is 28.0. The number of aryl methyl sites for hydroxylation is 1. The van der Waals surface area contributed by atoms with Gasteiger partial charge in [0.25, 0.3) is 0 Å². The minimum atomic E-state index is -0.645. The quantitative estimate of drug-likeness (QED) is 0.742. The molecule has 3 fully saturated rings. The first kappa shape index (κ1) is 16.6. The summed E-state index contributed by atoms with van der Waals surface area (Å²) in [5.41, 5.74) is 2.47. The van der Waals surface area contributed by atoms with Crippen molar-refractivity contribution < 1.29 is 9.59 Å². The van der Waals surface area contributed by atoms with Crippen molar-refractivity contribution in [3.63, 3.8) is 0 Å². The van der Waals surface area contributed by atoms with Gasteiger partial charge in [-0.2, -0.15) is 0 Å². The number of carbonyl (C=O) groups excluding carboxylic acids is 2. The third-order valence-corrected chi connectivity index (χ3v) is 6.26. The highest BCUT2D eigenvalue weighted by molar-refractivity contribution is 6.00. The molecule has 2 N–H and O–H groups in total. The maximum absolute atomic E-state index is 13.1. The fourth-order valence-electron chi connectivity index (χ4n) is 5.03. The van der Waals surface area contributed by atoms with Crippen LogP contribution in [0.2, 0.25) is 0 Å². The van der Waals surface area contributed by atoms with E-state index in [-0.39, 0.29) is 18.0 Å². The molecule has 2 aromatic rings. The van der Waals surface area contributed by atoms with Gasteiger partial charge in [0.2, 0.25) is 11.8 Å². The Balaban J connectivity index is 1.68. The summed E-state index contributed by atoms with van der Waals surface area (Å²) in [4.78, 5) is 39.4. The van der Waals surface area contributed by atoms with Crippen molar-refractivity contribution in [1.82, 2.24) is 19.8 Å². The Hall–Kier alpha value is -2.61. The lowest BCUT2D eigenvalue weighted by Crippen LogP contribution is -2.52. The second-order valence-corrected chi connectivity index (χ2v) is 7.77. The standard InChI is InChI=1S/C19H23N5O3/c1-22-17-13(23-11-5-6-12(23)10-20-9-11)3-2-4-14(17)24(19(22)27)15-7-8-16(25)21-18(15)26/h2-4,11-12,15,20H,5-10H2,1H3,(H,21,25,26)/t11-,12?,15?/m0/s1. The summed E-state index contributed by atoms with van der Waals surface area (Å²) in [6, 6.07) is 6.16. The molecular formula is C19H23N5O3. The fraction of sp³-hybridized carbons (Fsp3) is 0.526. The van der Waals surface area contributed by atoms with Crippen LogP contribution < -0.4 is 21.2 Å². The van der Waals surface area contributed by atoms with E-state index < -0.39 is 11.9 Å². The van der Waals surface area contributed by atoms with Crippen LogP contribution >= 0.6 is 0 Å². The Morgan fingerprint density at radius 2 is 1.78 bits per heavy atom. The molecule has 0 saturated carbocycles. The van der Waals surface area contributed by atoms with Gasteiger partial charge in [0.15, 0.2) is 0 Å². The smallest absolute Gasteiger partial charge is 0.329 e. The van der Waals surface area contributed by atoms with Crippen LogP contribution in [0.1, 0.15) is 31.7 Å². The molecule has 0 aliphatic carbocycles. The predicted octanol–water partition coefficient (Wildman–Crippen LogP) is 0.258. The molecule has 2 bridgehead atoms. The lowest BCUT2D eigenvalue weighted by molar-refractivity contribution is -0.135. The summed E-state index contributed by atoms with van der Waals surface area (Å²) in [7, 11) is 1.76. The van der Waals surface area contributed by atoms with Gasteiger partial charge in [-0.3, -0.25) is 24.0 Å². The van der Waals surface area contributed by atoms with Crippen molar-refractivity contribution >= 4 is 28.5 Å². The highest BCUT2D eigenvalue weighted by atomic mass is 16.2. The molecule has 1 aromatic carbocycles. The maximum atomic E-state index is 13.1. The van der Waals surface area contributed by atoms with E-state index in [9.17, 15) is 14.4 Å². The number of nitrogens with zero attached hydrogens (tertiary/aromatic N) is 3. The number of piperazine rings is 1. The molecule has 8 nitrogen and oxygen atoms in total. The number of benzene rings is 1. The Morgan fingerprint density at radius 3 is 2.48 bits per heavy atom. The summed E-state index contributed by atoms with van der Waals surface area (Å²) >= 11 is 0. The molecule has 5 rings (SSSR count). The van der Waals surface area contributed by atoms with Crippen LogP contribution in [0.3, 0.4) is 0 Å². The number of aromatic nitrogens is 2. The van der Waals surface area contributed by atoms with Crippen LogP contribution in [-0.4, -0.2) is 46.1 Å². The summed E-state index contributed by atoms with van der Waals surface area (Å²) in [6.45, 7) is 1.91. The third-order valence-electron chi connectivity index (χ3n) is 6.26. The number of para-hydroxylation sites is 1. The molecule has 0 radical (unpaired) electrons. The second kappa shape index (κ2) is 5.95. The van der Waals surface area contributed by atoms with Crippen molar-refractivity contribution in [3.05, 3.63) is 28.7 Å². The number of fused-ring (bicyclic) bond motifs is 3. The van der Waals surface area contributed by atoms with Gasteiger partial charge >= 0.3 is 5.69 Å². The molecule has 142 valence electrons. The van der Waals surface area contributed by atoms with Gasteiger partial charge in [0.1, 0.15) is 6.04 Å². The zero-order valence-corrected chi connectivity index (χ0v) is 15.3. The van der Waals surface area contributed by atoms with E-state index in [0.717, 1.165) is 42.7 Å². The first-order valence-corrected chi connectivity index (χ1v) is 9.59. The summed E-state index contributed by atoms with van der Waals surface area (Å²) in [5.74, 6) is -0.670. The van der Waals surface area contributed by atoms with Gasteiger partial charge in [-0.15, -0.1) is 0 Å². The average molecular weight is 369 g/mol. The van der Waals surface area contributed by atoms with Crippen molar-refractivity contribution in [1.29, 1.82) is 0 Å². The number of anilines is 1. The fourth-order valence-corrected chi connectivity index (χ4v) is 5.03. The van der Waals surface area contributed by atoms with Crippen molar-refractivity contribution in [2.45, 2.75) is 43.8 Å². The molecule has 3 saturated heterocycles. The van der Waals surface area contributed by atoms with E-state index in [1.54, 1.807) is 16.2 Å². The number of imide groups is 1. The maximum Gasteiger partial charge on any atom is 0.329 e. The third kappa shape index (κ3) is 2.36. The van der Waals surface area contributed by atoms with Gasteiger partial charge in [0, 0.05) is 38.6 Å². The zero-order chi connectivity index (χ0) is 18.7. The Bertz CT molecular complexity index is 991. The topological polar surface area (TPSA) is 88.4 Å². The summed E-state index contributed by atoms with van der Waals surface area (Å²) in [5, 5.41) is 5.85. The molecule has 3 aliphatic rings. The van der Waals surface area contributed by atoms with Crippen LogP contribution in [0.25, 0.3) is 11.0 Å². The van der Waals surface area contributed by atoms with Crippen LogP contribution in [0.15, 0.2) is 23.0 Å². The van der Waals surface area contributed by atoms with E-state index >= 15 is 0 Å². The zero-order valence-electron chi connectivity index (χ0n) is 15.3. The number of piperidine rings is 1. The number of rotatable bonds is 2. The average Bonchev–Trinajstić information content (AvgIpc) is 3.05. The van der Waals surface area contributed by atoms with Crippen LogP contribution in [0.5, 0.6) is 0 Å². The molecule has 2 unspecified atom stereocenters. The van der Waals surface area contributed by atoms with Gasteiger partial charge in [-0.1, -0.05) is 6.07 Å². The lowest BCUT2D eigenvalue weighted by Gasteiger charge is -2.37. The molecular weight excluding hydrogens is 346 g/mol. The number of amides is 2. The molecule has 4 heterocycles. The molecule has 27 heavy (non-hydrogen) atoms. The Morgan fingerprint density at radius 1 is 1.04 bits per heavy atom. The van der Waals surface area contributed by atoms with Gasteiger partial charge < -0.3 is 10.2 Å². The molecule has 0 spiro atoms. The molecule has 2 amide bonds. The lowest BCUT2D eigenvalue weighted by atomic mass is 10.1. The monoisotopic (exact) mass is 369 g/mol. The molecule has 3 atom stereocenters. The van der Waals surface area contributed by atoms with E-state index in [1.807, 2.05) is 12.1 Å². The van der Waals surface area contributed by atoms with Crippen LogP contribution in [-0.2, 0) is 16.6 Å².